The van der Waals surface area contributed by atoms with E-state index in [0.717, 1.165) is 22.0 Å². The number of ketones is 1. The summed E-state index contributed by atoms with van der Waals surface area (Å²) in [5, 5.41) is 0.987. The van der Waals surface area contributed by atoms with E-state index in [9.17, 15) is 14.4 Å². The first-order valence-electron chi connectivity index (χ1n) is 10.2. The predicted octanol–water partition coefficient (Wildman–Crippen LogP) is 3.54. The van der Waals surface area contributed by atoms with E-state index >= 15 is 0 Å². The number of carbonyl (C=O) groups excluding carboxylic acids is 1. The number of carbonyl (C=O) groups is 1. The highest BCUT2D eigenvalue weighted by atomic mass is 16.2. The average molecular weight is 413 g/mol. The van der Waals surface area contributed by atoms with E-state index < -0.39 is 11.2 Å². The summed E-state index contributed by atoms with van der Waals surface area (Å²) < 4.78 is 1.33. The van der Waals surface area contributed by atoms with E-state index in [2.05, 4.69) is 9.97 Å². The molecule has 31 heavy (non-hydrogen) atoms. The van der Waals surface area contributed by atoms with E-state index in [0.29, 0.717) is 23.2 Å². The molecule has 0 radical (unpaired) electrons. The van der Waals surface area contributed by atoms with Crippen LogP contribution in [-0.4, -0.2) is 20.3 Å². The molecule has 4 aromatic rings. The fourth-order valence-corrected chi connectivity index (χ4v) is 3.95. The van der Waals surface area contributed by atoms with Gasteiger partial charge < -0.3 is 0 Å². The van der Waals surface area contributed by atoms with Crippen LogP contribution in [0.1, 0.15) is 45.4 Å². The van der Waals surface area contributed by atoms with Crippen LogP contribution in [0.3, 0.4) is 0 Å². The molecule has 0 amide bonds. The Kier molecular flexibility index (Phi) is 5.38. The number of aryl methyl sites for hydroxylation is 2. The number of aromatic nitrogens is 3. The lowest BCUT2D eigenvalue weighted by atomic mass is 9.99. The number of H-pyrrole nitrogens is 1. The highest BCUT2D eigenvalue weighted by Crippen LogP contribution is 2.17. The van der Waals surface area contributed by atoms with E-state index in [-0.39, 0.29) is 18.0 Å². The second kappa shape index (κ2) is 8.14. The highest BCUT2D eigenvalue weighted by Gasteiger charge is 2.22. The molecule has 4 rings (SSSR count). The fraction of sp³-hybridized carbons (Fsp3) is 0.200. The maximum atomic E-state index is 13.5. The van der Waals surface area contributed by atoms with Gasteiger partial charge in [-0.05, 0) is 44.5 Å². The van der Waals surface area contributed by atoms with Crippen LogP contribution in [0.15, 0.2) is 64.2 Å². The molecule has 0 saturated heterocycles. The van der Waals surface area contributed by atoms with Crippen LogP contribution in [0.2, 0.25) is 0 Å². The number of rotatable bonds is 5. The third-order valence-corrected chi connectivity index (χ3v) is 5.32. The van der Waals surface area contributed by atoms with E-state index in [4.69, 9.17) is 0 Å². The third kappa shape index (κ3) is 3.97. The summed E-state index contributed by atoms with van der Waals surface area (Å²) >= 11 is 0. The normalized spacial score (nSPS) is 11.1. The van der Waals surface area contributed by atoms with Crippen LogP contribution >= 0.6 is 0 Å². The second-order valence-electron chi connectivity index (χ2n) is 7.73. The standard InChI is InChI=1S/C25H23N3O3/c1-4-20-22(23(29)18-12-15(2)11-16(3)13-18)28(25(31)27-24(20)30)14-19-10-9-17-7-5-6-8-21(17)26-19/h5-13H,4,14H2,1-3H3,(H,27,30,31). The van der Waals surface area contributed by atoms with Gasteiger partial charge in [0.1, 0.15) is 5.69 Å². The smallest absolute Gasteiger partial charge is 0.287 e. The molecule has 1 N–H and O–H groups in total. The number of pyridine rings is 1. The fourth-order valence-electron chi connectivity index (χ4n) is 3.95. The van der Waals surface area contributed by atoms with Gasteiger partial charge in [-0.25, -0.2) is 4.79 Å². The van der Waals surface area contributed by atoms with Crippen molar-refractivity contribution >= 4 is 16.7 Å². The summed E-state index contributed by atoms with van der Waals surface area (Å²) in [6, 6.07) is 17.0. The zero-order valence-corrected chi connectivity index (χ0v) is 17.7. The van der Waals surface area contributed by atoms with Crippen molar-refractivity contribution in [2.24, 2.45) is 0 Å². The first kappa shape index (κ1) is 20.5. The van der Waals surface area contributed by atoms with Gasteiger partial charge in [0.2, 0.25) is 5.78 Å². The monoisotopic (exact) mass is 413 g/mol. The molecule has 0 saturated carbocycles. The van der Waals surface area contributed by atoms with E-state index in [1.165, 1.54) is 4.57 Å². The Labute approximate surface area is 179 Å². The Morgan fingerprint density at radius 1 is 1.00 bits per heavy atom. The van der Waals surface area contributed by atoms with Crippen molar-refractivity contribution in [2.75, 3.05) is 0 Å². The number of fused-ring (bicyclic) bond motifs is 1. The summed E-state index contributed by atoms with van der Waals surface area (Å²) in [5.41, 5.74) is 3.04. The number of nitrogens with one attached hydrogen (secondary N) is 1. The van der Waals surface area contributed by atoms with Gasteiger partial charge in [0.05, 0.1) is 17.8 Å². The molecule has 6 nitrogen and oxygen atoms in total. The second-order valence-corrected chi connectivity index (χ2v) is 7.73. The number of hydrogen-bond acceptors (Lipinski definition) is 4. The lowest BCUT2D eigenvalue weighted by molar-refractivity contribution is 0.102. The molecule has 2 heterocycles. The number of benzene rings is 2. The van der Waals surface area contributed by atoms with E-state index in [1.54, 1.807) is 19.1 Å². The summed E-state index contributed by atoms with van der Waals surface area (Å²) in [6.45, 7) is 5.70. The minimum Gasteiger partial charge on any atom is -0.287 e. The average Bonchev–Trinajstić information content (AvgIpc) is 2.74. The molecular weight excluding hydrogens is 390 g/mol. The minimum atomic E-state index is -0.620. The van der Waals surface area contributed by atoms with Gasteiger partial charge in [0.25, 0.3) is 5.56 Å². The summed E-state index contributed by atoms with van der Waals surface area (Å²) in [6.07, 6.45) is 0.326. The number of nitrogens with zero attached hydrogens (tertiary/aromatic N) is 2. The van der Waals surface area contributed by atoms with Gasteiger partial charge in [-0.1, -0.05) is 48.4 Å². The Balaban J connectivity index is 1.90. The molecule has 2 aromatic heterocycles. The SMILES string of the molecule is CCc1c(C(=O)c2cc(C)cc(C)c2)n(Cc2ccc3ccccc3n2)c(=O)[nH]c1=O. The van der Waals surface area contributed by atoms with Gasteiger partial charge in [-0.15, -0.1) is 0 Å². The predicted molar refractivity (Wildman–Crippen MR) is 121 cm³/mol. The molecule has 0 fully saturated rings. The molecule has 0 aliphatic heterocycles. The van der Waals surface area contributed by atoms with Crippen LogP contribution in [0.4, 0.5) is 0 Å². The lowest BCUT2D eigenvalue weighted by Crippen LogP contribution is -2.37. The zero-order valence-electron chi connectivity index (χ0n) is 17.7. The maximum absolute atomic E-state index is 13.5. The minimum absolute atomic E-state index is 0.0827. The van der Waals surface area contributed by atoms with Crippen molar-refractivity contribution in [3.05, 3.63) is 109 Å². The van der Waals surface area contributed by atoms with Crippen LogP contribution in [0.25, 0.3) is 10.9 Å². The van der Waals surface area contributed by atoms with Crippen molar-refractivity contribution in [3.63, 3.8) is 0 Å². The summed E-state index contributed by atoms with van der Waals surface area (Å²) in [5.74, 6) is -0.340. The molecular formula is C25H23N3O3. The highest BCUT2D eigenvalue weighted by molar-refractivity contribution is 6.09. The molecule has 6 heteroatoms. The van der Waals surface area contributed by atoms with Crippen molar-refractivity contribution in [3.8, 4) is 0 Å². The molecule has 2 aromatic carbocycles. The summed E-state index contributed by atoms with van der Waals surface area (Å²) in [4.78, 5) is 45.8. The maximum Gasteiger partial charge on any atom is 0.329 e. The third-order valence-electron chi connectivity index (χ3n) is 5.32. The number of aromatic amines is 1. The van der Waals surface area contributed by atoms with Gasteiger partial charge in [-0.3, -0.25) is 24.1 Å². The molecule has 0 aliphatic carbocycles. The molecule has 0 bridgehead atoms. The largest absolute Gasteiger partial charge is 0.329 e. The van der Waals surface area contributed by atoms with Crippen molar-refractivity contribution in [2.45, 2.75) is 33.7 Å². The molecule has 156 valence electrons. The van der Waals surface area contributed by atoms with E-state index in [1.807, 2.05) is 56.3 Å². The number of para-hydroxylation sites is 1. The van der Waals surface area contributed by atoms with Gasteiger partial charge in [0, 0.05) is 16.5 Å². The lowest BCUT2D eigenvalue weighted by Gasteiger charge is -2.15. The Morgan fingerprint density at radius 2 is 1.71 bits per heavy atom. The van der Waals surface area contributed by atoms with Crippen LogP contribution < -0.4 is 11.2 Å². The Morgan fingerprint density at radius 3 is 2.42 bits per heavy atom. The first-order chi connectivity index (χ1) is 14.9. The van der Waals surface area contributed by atoms with Gasteiger partial charge in [0.15, 0.2) is 0 Å². The quantitative estimate of drug-likeness (QED) is 0.507. The Hall–Kier alpha value is -3.80. The first-order valence-corrected chi connectivity index (χ1v) is 10.2. The van der Waals surface area contributed by atoms with Crippen LogP contribution in [-0.2, 0) is 13.0 Å². The summed E-state index contributed by atoms with van der Waals surface area (Å²) in [7, 11) is 0. The van der Waals surface area contributed by atoms with Gasteiger partial charge >= 0.3 is 5.69 Å². The molecule has 0 atom stereocenters. The van der Waals surface area contributed by atoms with Crippen molar-refractivity contribution in [1.82, 2.24) is 14.5 Å². The molecule has 0 aliphatic rings. The van der Waals surface area contributed by atoms with Crippen LogP contribution in [0.5, 0.6) is 0 Å². The topological polar surface area (TPSA) is 84.8 Å². The van der Waals surface area contributed by atoms with Crippen molar-refractivity contribution < 1.29 is 4.79 Å². The van der Waals surface area contributed by atoms with Crippen molar-refractivity contribution in [1.29, 1.82) is 0 Å². The zero-order chi connectivity index (χ0) is 22.1. The molecule has 0 unspecified atom stereocenters. The van der Waals surface area contributed by atoms with Crippen LogP contribution in [0, 0.1) is 13.8 Å². The molecule has 0 spiro atoms. The van der Waals surface area contributed by atoms with Gasteiger partial charge in [-0.2, -0.15) is 0 Å². The Bertz CT molecular complexity index is 1410. The number of hydrogen-bond donors (Lipinski definition) is 1.